The first-order valence-electron chi connectivity index (χ1n) is 3.84. The summed E-state index contributed by atoms with van der Waals surface area (Å²) in [5.41, 5.74) is -0.417. The minimum Gasteiger partial charge on any atom is -0.295 e. The van der Waals surface area contributed by atoms with Gasteiger partial charge in [-0.25, -0.2) is 13.6 Å². The van der Waals surface area contributed by atoms with E-state index < -0.39 is 20.7 Å². The van der Waals surface area contributed by atoms with E-state index in [2.05, 4.69) is 15.1 Å². The molecule has 0 saturated carbocycles. The SMILES string of the molecule is Cn1ncc2c(=O)[nH]c(S(N)(=O)=O)nc21. The molecule has 80 valence electrons. The zero-order chi connectivity index (χ0) is 11.2. The van der Waals surface area contributed by atoms with Gasteiger partial charge in [0.25, 0.3) is 15.6 Å². The summed E-state index contributed by atoms with van der Waals surface area (Å²) in [5.74, 6) is 0. The van der Waals surface area contributed by atoms with Crippen LogP contribution in [0.5, 0.6) is 0 Å². The molecule has 0 aliphatic heterocycles. The van der Waals surface area contributed by atoms with Gasteiger partial charge in [-0.2, -0.15) is 10.1 Å². The first kappa shape index (κ1) is 9.80. The van der Waals surface area contributed by atoms with E-state index in [1.165, 1.54) is 10.9 Å². The van der Waals surface area contributed by atoms with Crippen molar-refractivity contribution in [2.24, 2.45) is 12.2 Å². The summed E-state index contributed by atoms with van der Waals surface area (Å²) >= 11 is 0. The number of nitrogens with two attached hydrogens (primary N) is 1. The van der Waals surface area contributed by atoms with Crippen LogP contribution in [-0.4, -0.2) is 28.2 Å². The number of hydrogen-bond donors (Lipinski definition) is 2. The average Bonchev–Trinajstić information content (AvgIpc) is 2.47. The van der Waals surface area contributed by atoms with Crippen molar-refractivity contribution in [1.29, 1.82) is 0 Å². The van der Waals surface area contributed by atoms with Crippen LogP contribution in [0.15, 0.2) is 16.1 Å². The highest BCUT2D eigenvalue weighted by molar-refractivity contribution is 7.89. The van der Waals surface area contributed by atoms with Crippen LogP contribution in [0, 0.1) is 0 Å². The molecule has 15 heavy (non-hydrogen) atoms. The maximum atomic E-state index is 11.4. The van der Waals surface area contributed by atoms with Gasteiger partial charge in [-0.3, -0.25) is 14.5 Å². The van der Waals surface area contributed by atoms with Gasteiger partial charge in [-0.05, 0) is 0 Å². The summed E-state index contributed by atoms with van der Waals surface area (Å²) in [5, 5.41) is 8.27. The Morgan fingerprint density at radius 2 is 2.20 bits per heavy atom. The number of rotatable bonds is 1. The van der Waals surface area contributed by atoms with Crippen molar-refractivity contribution in [3.63, 3.8) is 0 Å². The molecule has 2 aromatic heterocycles. The molecular formula is C6H7N5O3S. The van der Waals surface area contributed by atoms with Crippen LogP contribution in [0.4, 0.5) is 0 Å². The lowest BCUT2D eigenvalue weighted by Crippen LogP contribution is -2.21. The fraction of sp³-hybridized carbons (Fsp3) is 0.167. The Morgan fingerprint density at radius 3 is 2.80 bits per heavy atom. The van der Waals surface area contributed by atoms with Crippen LogP contribution >= 0.6 is 0 Å². The second-order valence-corrected chi connectivity index (χ2v) is 4.40. The molecule has 0 bridgehead atoms. The largest absolute Gasteiger partial charge is 0.295 e. The number of H-pyrrole nitrogens is 1. The molecule has 2 aromatic rings. The third kappa shape index (κ3) is 1.51. The number of fused-ring (bicyclic) bond motifs is 1. The number of aryl methyl sites for hydroxylation is 1. The van der Waals surface area contributed by atoms with Crippen LogP contribution < -0.4 is 10.7 Å². The van der Waals surface area contributed by atoms with Gasteiger partial charge in [0.1, 0.15) is 5.39 Å². The summed E-state index contributed by atoms with van der Waals surface area (Å²) in [6.45, 7) is 0. The second-order valence-electron chi connectivity index (χ2n) is 2.92. The Hall–Kier alpha value is -1.74. The van der Waals surface area contributed by atoms with E-state index in [4.69, 9.17) is 5.14 Å². The molecule has 0 saturated heterocycles. The van der Waals surface area contributed by atoms with Gasteiger partial charge in [-0.1, -0.05) is 0 Å². The van der Waals surface area contributed by atoms with E-state index in [0.717, 1.165) is 0 Å². The smallest absolute Gasteiger partial charge is 0.271 e. The molecule has 0 aromatic carbocycles. The molecule has 3 N–H and O–H groups in total. The molecule has 8 nitrogen and oxygen atoms in total. The van der Waals surface area contributed by atoms with Crippen molar-refractivity contribution in [2.45, 2.75) is 5.16 Å². The van der Waals surface area contributed by atoms with E-state index in [1.54, 1.807) is 7.05 Å². The van der Waals surface area contributed by atoms with Crippen molar-refractivity contribution < 1.29 is 8.42 Å². The van der Waals surface area contributed by atoms with Crippen LogP contribution in [0.1, 0.15) is 0 Å². The summed E-state index contributed by atoms with van der Waals surface area (Å²) in [4.78, 5) is 17.2. The predicted molar refractivity (Wildman–Crippen MR) is 50.5 cm³/mol. The van der Waals surface area contributed by atoms with Gasteiger partial charge >= 0.3 is 0 Å². The number of nitrogens with one attached hydrogen (secondary N) is 1. The quantitative estimate of drug-likeness (QED) is 0.564. The zero-order valence-corrected chi connectivity index (χ0v) is 8.45. The van der Waals surface area contributed by atoms with E-state index in [1.807, 2.05) is 0 Å². The highest BCUT2D eigenvalue weighted by atomic mass is 32.2. The Balaban J connectivity index is 2.95. The maximum Gasteiger partial charge on any atom is 0.271 e. The highest BCUT2D eigenvalue weighted by Gasteiger charge is 2.15. The van der Waals surface area contributed by atoms with Gasteiger partial charge < -0.3 is 0 Å². The number of primary sulfonamides is 1. The van der Waals surface area contributed by atoms with Gasteiger partial charge in [0, 0.05) is 7.05 Å². The summed E-state index contributed by atoms with van der Waals surface area (Å²) in [6.07, 6.45) is 1.30. The van der Waals surface area contributed by atoms with Crippen molar-refractivity contribution in [1.82, 2.24) is 19.7 Å². The topological polar surface area (TPSA) is 124 Å². The van der Waals surface area contributed by atoms with E-state index in [-0.39, 0.29) is 11.0 Å². The van der Waals surface area contributed by atoms with Crippen molar-refractivity contribution in [3.8, 4) is 0 Å². The minimum atomic E-state index is -4.02. The molecule has 0 amide bonds. The Kier molecular flexibility index (Phi) is 1.88. The molecule has 0 aliphatic rings. The van der Waals surface area contributed by atoms with Crippen LogP contribution in [0.2, 0.25) is 0 Å². The lowest BCUT2D eigenvalue weighted by molar-refractivity contribution is 0.588. The second kappa shape index (κ2) is 2.87. The van der Waals surface area contributed by atoms with Crippen molar-refractivity contribution >= 4 is 21.1 Å². The monoisotopic (exact) mass is 229 g/mol. The molecule has 9 heteroatoms. The third-order valence-electron chi connectivity index (χ3n) is 1.85. The van der Waals surface area contributed by atoms with E-state index in [0.29, 0.717) is 0 Å². The number of aromatic nitrogens is 4. The highest BCUT2D eigenvalue weighted by Crippen LogP contribution is 2.05. The maximum absolute atomic E-state index is 11.4. The van der Waals surface area contributed by atoms with Gasteiger partial charge in [0.15, 0.2) is 5.65 Å². The van der Waals surface area contributed by atoms with Crippen LogP contribution in [0.25, 0.3) is 11.0 Å². The normalized spacial score (nSPS) is 12.1. The zero-order valence-electron chi connectivity index (χ0n) is 7.63. The fourth-order valence-corrected chi connectivity index (χ4v) is 1.60. The van der Waals surface area contributed by atoms with Crippen molar-refractivity contribution in [2.75, 3.05) is 0 Å². The molecule has 0 radical (unpaired) electrons. The molecule has 0 aliphatic carbocycles. The third-order valence-corrected chi connectivity index (χ3v) is 2.58. The van der Waals surface area contributed by atoms with E-state index in [9.17, 15) is 13.2 Å². The fourth-order valence-electron chi connectivity index (χ4n) is 1.15. The number of sulfonamides is 1. The average molecular weight is 229 g/mol. The molecule has 0 unspecified atom stereocenters. The standard InChI is InChI=1S/C6H7N5O3S/c1-11-4-3(2-8-11)5(12)10-6(9-4)15(7,13)14/h2H,1H3,(H2,7,13,14)(H,9,10,12). The molecule has 2 rings (SSSR count). The number of nitrogens with zero attached hydrogens (tertiary/aromatic N) is 3. The van der Waals surface area contributed by atoms with Gasteiger partial charge in [-0.15, -0.1) is 0 Å². The van der Waals surface area contributed by atoms with Gasteiger partial charge in [0.05, 0.1) is 6.20 Å². The number of aromatic amines is 1. The van der Waals surface area contributed by atoms with Crippen molar-refractivity contribution in [3.05, 3.63) is 16.6 Å². The Labute approximate surface area is 83.8 Å². The number of hydrogen-bond acceptors (Lipinski definition) is 5. The lowest BCUT2D eigenvalue weighted by atomic mass is 10.4. The Bertz CT molecular complexity index is 682. The molecular weight excluding hydrogens is 222 g/mol. The molecule has 0 fully saturated rings. The van der Waals surface area contributed by atoms with Crippen LogP contribution in [0.3, 0.4) is 0 Å². The summed E-state index contributed by atoms with van der Waals surface area (Å²) in [6, 6.07) is 0. The van der Waals surface area contributed by atoms with E-state index >= 15 is 0 Å². The van der Waals surface area contributed by atoms with Crippen LogP contribution in [-0.2, 0) is 17.1 Å². The Morgan fingerprint density at radius 1 is 1.53 bits per heavy atom. The minimum absolute atomic E-state index is 0.169. The summed E-state index contributed by atoms with van der Waals surface area (Å²) < 4.78 is 23.2. The summed E-state index contributed by atoms with van der Waals surface area (Å²) in [7, 11) is -2.48. The molecule has 2 heterocycles. The molecule has 0 spiro atoms. The first-order chi connectivity index (χ1) is 6.89. The first-order valence-corrected chi connectivity index (χ1v) is 5.39. The molecule has 0 atom stereocenters. The predicted octanol–water partition coefficient (Wildman–Crippen LogP) is -1.70. The lowest BCUT2D eigenvalue weighted by Gasteiger charge is -1.97. The van der Waals surface area contributed by atoms with Gasteiger partial charge in [0.2, 0.25) is 5.16 Å².